The normalized spacial score (nSPS) is 16.2. The van der Waals surface area contributed by atoms with E-state index in [1.165, 1.54) is 10.9 Å². The molecule has 0 saturated heterocycles. The van der Waals surface area contributed by atoms with Gasteiger partial charge in [-0.25, -0.2) is 0 Å². The third kappa shape index (κ3) is 4.35. The molecule has 32 heavy (non-hydrogen) atoms. The van der Waals surface area contributed by atoms with Crippen molar-refractivity contribution in [2.24, 2.45) is 10.7 Å². The van der Waals surface area contributed by atoms with Crippen LogP contribution in [0.4, 0.5) is 26.3 Å². The number of amidine groups is 1. The number of halogens is 6. The van der Waals surface area contributed by atoms with Gasteiger partial charge in [0.25, 0.3) is 5.91 Å². The van der Waals surface area contributed by atoms with E-state index in [-0.39, 0.29) is 23.3 Å². The lowest BCUT2D eigenvalue weighted by molar-refractivity contribution is -0.143. The minimum atomic E-state index is -4.96. The van der Waals surface area contributed by atoms with E-state index in [4.69, 9.17) is 5.73 Å². The molecule has 2 N–H and O–H groups in total. The van der Waals surface area contributed by atoms with Crippen molar-refractivity contribution in [3.8, 4) is 0 Å². The number of benzene rings is 2. The van der Waals surface area contributed by atoms with Gasteiger partial charge in [-0.2, -0.15) is 36.4 Å². The molecular weight excluding hydrogens is 458 g/mol. The highest BCUT2D eigenvalue weighted by atomic mass is 32.2. The molecule has 0 atom stereocenters. The summed E-state index contributed by atoms with van der Waals surface area (Å²) in [6, 6.07) is 6.44. The van der Waals surface area contributed by atoms with Crippen molar-refractivity contribution in [2.75, 3.05) is 0 Å². The first-order valence-electron chi connectivity index (χ1n) is 8.93. The molecule has 1 aliphatic heterocycles. The number of nitrogens with zero attached hydrogens (tertiary/aromatic N) is 3. The molecule has 1 aromatic heterocycles. The highest BCUT2D eigenvalue weighted by Gasteiger charge is 2.38. The van der Waals surface area contributed by atoms with E-state index in [1.807, 2.05) is 0 Å². The van der Waals surface area contributed by atoms with E-state index in [2.05, 4.69) is 10.1 Å². The Hall–Kier alpha value is -3.28. The number of thioether (sulfide) groups is 1. The summed E-state index contributed by atoms with van der Waals surface area (Å²) in [4.78, 5) is 15.7. The maximum absolute atomic E-state index is 13.4. The molecule has 2 aromatic carbocycles. The van der Waals surface area contributed by atoms with Gasteiger partial charge in [0, 0.05) is 5.39 Å². The summed E-state index contributed by atoms with van der Waals surface area (Å²) in [7, 11) is 0. The molecule has 1 amide bonds. The Kier molecular flexibility index (Phi) is 5.27. The van der Waals surface area contributed by atoms with Crippen molar-refractivity contribution in [1.82, 2.24) is 9.78 Å². The zero-order chi connectivity index (χ0) is 23.3. The SMILES string of the molecule is NC1=NC(=O)/C(=C/c2ccc3c(cnn3Cc3ccc(C(F)(F)F)cc3C(F)(F)F)c2)S1. The van der Waals surface area contributed by atoms with Crippen LogP contribution in [0.2, 0.25) is 0 Å². The highest BCUT2D eigenvalue weighted by molar-refractivity contribution is 8.18. The van der Waals surface area contributed by atoms with Crippen LogP contribution in [0, 0.1) is 0 Å². The summed E-state index contributed by atoms with van der Waals surface area (Å²) in [5.74, 6) is -0.467. The minimum absolute atomic E-state index is 0.107. The van der Waals surface area contributed by atoms with E-state index in [1.54, 1.807) is 24.3 Å². The number of aliphatic imine (C=N–C) groups is 1. The van der Waals surface area contributed by atoms with Crippen molar-refractivity contribution in [3.05, 3.63) is 69.8 Å². The summed E-state index contributed by atoms with van der Waals surface area (Å²) >= 11 is 1.02. The number of rotatable bonds is 3. The fraction of sp³-hybridized carbons (Fsp3) is 0.150. The Labute approximate surface area is 180 Å². The van der Waals surface area contributed by atoms with Gasteiger partial charge in [0.05, 0.1) is 34.3 Å². The topological polar surface area (TPSA) is 73.3 Å². The lowest BCUT2D eigenvalue weighted by atomic mass is 10.0. The van der Waals surface area contributed by atoms with Gasteiger partial charge in [0.15, 0.2) is 5.17 Å². The third-order valence-electron chi connectivity index (χ3n) is 4.66. The van der Waals surface area contributed by atoms with Crippen LogP contribution in [-0.2, 0) is 23.7 Å². The maximum atomic E-state index is 13.4. The Morgan fingerprint density at radius 1 is 1.03 bits per heavy atom. The minimum Gasteiger partial charge on any atom is -0.378 e. The van der Waals surface area contributed by atoms with E-state index in [9.17, 15) is 31.1 Å². The predicted molar refractivity (Wildman–Crippen MR) is 107 cm³/mol. The predicted octanol–water partition coefficient (Wildman–Crippen LogP) is 5.05. The van der Waals surface area contributed by atoms with Crippen molar-refractivity contribution in [1.29, 1.82) is 0 Å². The van der Waals surface area contributed by atoms with E-state index in [0.717, 1.165) is 17.8 Å². The number of fused-ring (bicyclic) bond motifs is 1. The van der Waals surface area contributed by atoms with E-state index < -0.39 is 29.4 Å². The molecule has 0 saturated carbocycles. The first-order valence-corrected chi connectivity index (χ1v) is 9.74. The molecule has 0 spiro atoms. The lowest BCUT2D eigenvalue weighted by Crippen LogP contribution is -2.15. The Bertz CT molecular complexity index is 1290. The monoisotopic (exact) mass is 470 g/mol. The van der Waals surface area contributed by atoms with Gasteiger partial charge in [0.2, 0.25) is 0 Å². The Morgan fingerprint density at radius 3 is 2.41 bits per heavy atom. The number of aromatic nitrogens is 2. The first kappa shape index (κ1) is 21.9. The Morgan fingerprint density at radius 2 is 1.78 bits per heavy atom. The van der Waals surface area contributed by atoms with Crippen LogP contribution in [0.1, 0.15) is 22.3 Å². The average Bonchev–Trinajstić information content (AvgIpc) is 3.22. The number of carbonyl (C=O) groups is 1. The summed E-state index contributed by atoms with van der Waals surface area (Å²) in [6.45, 7) is -0.379. The summed E-state index contributed by atoms with van der Waals surface area (Å²) in [5, 5.41) is 4.78. The summed E-state index contributed by atoms with van der Waals surface area (Å²) in [6.07, 6.45) is -6.86. The van der Waals surface area contributed by atoms with Gasteiger partial charge >= 0.3 is 12.4 Å². The second-order valence-corrected chi connectivity index (χ2v) is 7.92. The van der Waals surface area contributed by atoms with Crippen molar-refractivity contribution >= 4 is 39.8 Å². The molecule has 0 fully saturated rings. The quantitative estimate of drug-likeness (QED) is 0.430. The third-order valence-corrected chi connectivity index (χ3v) is 5.48. The molecule has 3 aromatic rings. The van der Waals surface area contributed by atoms with Gasteiger partial charge in [0.1, 0.15) is 0 Å². The van der Waals surface area contributed by atoms with Gasteiger partial charge < -0.3 is 5.73 Å². The molecule has 0 aliphatic carbocycles. The maximum Gasteiger partial charge on any atom is 0.416 e. The molecule has 1 aliphatic rings. The fourth-order valence-electron chi connectivity index (χ4n) is 3.21. The number of hydrogen-bond acceptors (Lipinski definition) is 4. The number of nitrogens with two attached hydrogens (primary N) is 1. The fourth-order valence-corrected chi connectivity index (χ4v) is 3.90. The number of hydrogen-bond donors (Lipinski definition) is 1. The number of carbonyl (C=O) groups excluding carboxylic acids is 1. The smallest absolute Gasteiger partial charge is 0.378 e. The zero-order valence-corrected chi connectivity index (χ0v) is 16.6. The summed E-state index contributed by atoms with van der Waals surface area (Å²) in [5.41, 5.74) is 3.52. The van der Waals surface area contributed by atoms with Gasteiger partial charge in [-0.3, -0.25) is 9.48 Å². The Balaban J connectivity index is 1.67. The van der Waals surface area contributed by atoms with Crippen LogP contribution in [0.15, 0.2) is 52.5 Å². The second kappa shape index (κ2) is 7.69. The molecule has 2 heterocycles. The standard InChI is InChI=1S/C20H12F6N4OS/c21-19(22,23)13-3-2-11(14(7-13)20(24,25)26)9-30-15-4-1-10(5-12(15)8-28-30)6-16-17(31)29-18(27)32-16/h1-8H,9H2,(H2,27,29,31)/b16-6-. The van der Waals surface area contributed by atoms with Crippen molar-refractivity contribution in [3.63, 3.8) is 0 Å². The molecule has 12 heteroatoms. The molecule has 4 rings (SSSR count). The average molecular weight is 470 g/mol. The molecule has 5 nitrogen and oxygen atoms in total. The van der Waals surface area contributed by atoms with Gasteiger partial charge in [-0.15, -0.1) is 0 Å². The van der Waals surface area contributed by atoms with Crippen LogP contribution in [-0.4, -0.2) is 20.9 Å². The molecular formula is C20H12F6N4OS. The number of alkyl halides is 6. The van der Waals surface area contributed by atoms with Crippen LogP contribution in [0.3, 0.4) is 0 Å². The largest absolute Gasteiger partial charge is 0.416 e. The van der Waals surface area contributed by atoms with E-state index >= 15 is 0 Å². The second-order valence-electron chi connectivity index (χ2n) is 6.85. The lowest BCUT2D eigenvalue weighted by Gasteiger charge is -2.16. The van der Waals surface area contributed by atoms with Crippen LogP contribution in [0.5, 0.6) is 0 Å². The van der Waals surface area contributed by atoms with Crippen LogP contribution < -0.4 is 5.73 Å². The molecule has 0 unspecified atom stereocenters. The first-order chi connectivity index (χ1) is 14.9. The number of amides is 1. The highest BCUT2D eigenvalue weighted by Crippen LogP contribution is 2.38. The summed E-state index contributed by atoms with van der Waals surface area (Å²) < 4.78 is 80.1. The van der Waals surface area contributed by atoms with Crippen molar-refractivity contribution in [2.45, 2.75) is 18.9 Å². The van der Waals surface area contributed by atoms with Crippen molar-refractivity contribution < 1.29 is 31.1 Å². The zero-order valence-electron chi connectivity index (χ0n) is 15.8. The van der Waals surface area contributed by atoms with Crippen LogP contribution >= 0.6 is 11.8 Å². The van der Waals surface area contributed by atoms with Crippen LogP contribution in [0.25, 0.3) is 17.0 Å². The van der Waals surface area contributed by atoms with Gasteiger partial charge in [-0.1, -0.05) is 12.1 Å². The molecule has 0 radical (unpaired) electrons. The molecule has 0 bridgehead atoms. The molecule has 166 valence electrons. The van der Waals surface area contributed by atoms with E-state index in [0.29, 0.717) is 27.4 Å². The van der Waals surface area contributed by atoms with Gasteiger partial charge in [-0.05, 0) is 53.2 Å².